The van der Waals surface area contributed by atoms with Gasteiger partial charge >= 0.3 is 0 Å². The van der Waals surface area contributed by atoms with Gasteiger partial charge in [-0.3, -0.25) is 0 Å². The van der Waals surface area contributed by atoms with Crippen molar-refractivity contribution >= 4 is 21.4 Å². The SMILES string of the molecule is CNCc1sccc1S(=O)(=O)N(C)CCN1CCCC1. The Hall–Kier alpha value is -0.470. The summed E-state index contributed by atoms with van der Waals surface area (Å²) >= 11 is 1.48. The first kappa shape index (κ1) is 15.9. The van der Waals surface area contributed by atoms with Crippen LogP contribution >= 0.6 is 11.3 Å². The minimum absolute atomic E-state index is 0.445. The highest BCUT2D eigenvalue weighted by molar-refractivity contribution is 7.89. The number of likely N-dealkylation sites (N-methyl/N-ethyl adjacent to an activating group) is 1. The zero-order valence-electron chi connectivity index (χ0n) is 12.1. The van der Waals surface area contributed by atoms with E-state index < -0.39 is 10.0 Å². The molecule has 0 saturated carbocycles. The van der Waals surface area contributed by atoms with Crippen LogP contribution in [0.3, 0.4) is 0 Å². The number of sulfonamides is 1. The zero-order valence-corrected chi connectivity index (χ0v) is 13.8. The quantitative estimate of drug-likeness (QED) is 0.820. The summed E-state index contributed by atoms with van der Waals surface area (Å²) in [6, 6.07) is 1.71. The van der Waals surface area contributed by atoms with Gasteiger partial charge in [0.25, 0.3) is 0 Å². The summed E-state index contributed by atoms with van der Waals surface area (Å²) in [4.78, 5) is 3.65. The van der Waals surface area contributed by atoms with Crippen molar-refractivity contribution in [3.8, 4) is 0 Å². The van der Waals surface area contributed by atoms with Gasteiger partial charge in [-0.2, -0.15) is 4.31 Å². The molecule has 2 rings (SSSR count). The van der Waals surface area contributed by atoms with Gasteiger partial charge in [-0.25, -0.2) is 8.42 Å². The van der Waals surface area contributed by atoms with Gasteiger partial charge in [-0.15, -0.1) is 11.3 Å². The van der Waals surface area contributed by atoms with Crippen molar-refractivity contribution in [1.82, 2.24) is 14.5 Å². The number of nitrogens with zero attached hydrogens (tertiary/aromatic N) is 2. The molecule has 1 fully saturated rings. The van der Waals surface area contributed by atoms with E-state index in [0.717, 1.165) is 24.5 Å². The first-order valence-electron chi connectivity index (χ1n) is 6.95. The molecule has 7 heteroatoms. The first-order valence-corrected chi connectivity index (χ1v) is 9.27. The lowest BCUT2D eigenvalue weighted by Crippen LogP contribution is -2.35. The third kappa shape index (κ3) is 3.59. The van der Waals surface area contributed by atoms with E-state index in [0.29, 0.717) is 18.0 Å². The van der Waals surface area contributed by atoms with Crippen molar-refractivity contribution in [2.45, 2.75) is 24.3 Å². The Morgan fingerprint density at radius 2 is 2.10 bits per heavy atom. The zero-order chi connectivity index (χ0) is 14.6. The molecular formula is C13H23N3O2S2. The average molecular weight is 317 g/mol. The van der Waals surface area contributed by atoms with E-state index >= 15 is 0 Å². The van der Waals surface area contributed by atoms with Gasteiger partial charge in [-0.05, 0) is 44.4 Å². The molecule has 0 bridgehead atoms. The molecule has 1 saturated heterocycles. The molecular weight excluding hydrogens is 294 g/mol. The van der Waals surface area contributed by atoms with Crippen LogP contribution in [0.4, 0.5) is 0 Å². The lowest BCUT2D eigenvalue weighted by molar-refractivity contribution is 0.310. The molecule has 1 aliphatic rings. The second-order valence-corrected chi connectivity index (χ2v) is 8.13. The van der Waals surface area contributed by atoms with E-state index in [2.05, 4.69) is 10.2 Å². The summed E-state index contributed by atoms with van der Waals surface area (Å²) in [7, 11) is 0.136. The molecule has 1 N–H and O–H groups in total. The fourth-order valence-electron chi connectivity index (χ4n) is 2.42. The summed E-state index contributed by atoms with van der Waals surface area (Å²) in [6.45, 7) is 4.15. The summed E-state index contributed by atoms with van der Waals surface area (Å²) in [5.41, 5.74) is 0. The monoisotopic (exact) mass is 317 g/mol. The Balaban J connectivity index is 2.02. The molecule has 1 aromatic rings. The number of hydrogen-bond acceptors (Lipinski definition) is 5. The summed E-state index contributed by atoms with van der Waals surface area (Å²) in [5, 5.41) is 4.86. The predicted octanol–water partition coefficient (Wildman–Crippen LogP) is 1.18. The number of hydrogen-bond donors (Lipinski definition) is 1. The standard InChI is InChI=1S/C13H23N3O2S2/c1-14-11-12-13(5-10-19-12)20(17,18)15(2)8-9-16-6-3-4-7-16/h5,10,14H,3-4,6-9,11H2,1-2H3. The van der Waals surface area contributed by atoms with Crippen LogP contribution in [0, 0.1) is 0 Å². The van der Waals surface area contributed by atoms with E-state index in [4.69, 9.17) is 0 Å². The van der Waals surface area contributed by atoms with Crippen molar-refractivity contribution in [2.24, 2.45) is 0 Å². The number of thiophene rings is 1. The Kier molecular flexibility index (Phi) is 5.57. The molecule has 0 unspecified atom stereocenters. The summed E-state index contributed by atoms with van der Waals surface area (Å²) in [5.74, 6) is 0. The van der Waals surface area contributed by atoms with Crippen LogP contribution < -0.4 is 5.32 Å². The highest BCUT2D eigenvalue weighted by Crippen LogP contribution is 2.24. The van der Waals surface area contributed by atoms with Crippen LogP contribution in [0.25, 0.3) is 0 Å². The van der Waals surface area contributed by atoms with Gasteiger partial charge < -0.3 is 10.2 Å². The Morgan fingerprint density at radius 1 is 1.40 bits per heavy atom. The third-order valence-corrected chi connectivity index (χ3v) is 6.65. The lowest BCUT2D eigenvalue weighted by Gasteiger charge is -2.21. The molecule has 0 aliphatic carbocycles. The maximum Gasteiger partial charge on any atom is 0.244 e. The second kappa shape index (κ2) is 7.00. The van der Waals surface area contributed by atoms with E-state index in [-0.39, 0.29) is 0 Å². The van der Waals surface area contributed by atoms with Crippen molar-refractivity contribution in [1.29, 1.82) is 0 Å². The maximum absolute atomic E-state index is 12.6. The minimum atomic E-state index is -3.36. The minimum Gasteiger partial charge on any atom is -0.315 e. The predicted molar refractivity (Wildman–Crippen MR) is 82.6 cm³/mol. The fraction of sp³-hybridized carbons (Fsp3) is 0.692. The van der Waals surface area contributed by atoms with Crippen molar-refractivity contribution in [2.75, 3.05) is 40.3 Å². The first-order chi connectivity index (χ1) is 9.55. The molecule has 0 aromatic carbocycles. The lowest BCUT2D eigenvalue weighted by atomic mass is 10.4. The van der Waals surface area contributed by atoms with Gasteiger partial charge in [0.1, 0.15) is 0 Å². The van der Waals surface area contributed by atoms with E-state index in [9.17, 15) is 8.42 Å². The van der Waals surface area contributed by atoms with Crippen molar-refractivity contribution in [3.63, 3.8) is 0 Å². The highest BCUT2D eigenvalue weighted by atomic mass is 32.2. The summed E-state index contributed by atoms with van der Waals surface area (Å²) < 4.78 is 26.6. The van der Waals surface area contributed by atoms with Gasteiger partial charge in [0.05, 0.1) is 4.90 Å². The van der Waals surface area contributed by atoms with E-state index in [1.165, 1.54) is 28.5 Å². The van der Waals surface area contributed by atoms with Crippen molar-refractivity contribution in [3.05, 3.63) is 16.3 Å². The Labute approximate surface area is 125 Å². The van der Waals surface area contributed by atoms with Crippen LogP contribution in [0.15, 0.2) is 16.3 Å². The van der Waals surface area contributed by atoms with Crippen LogP contribution in [0.1, 0.15) is 17.7 Å². The molecule has 1 aliphatic heterocycles. The van der Waals surface area contributed by atoms with E-state index in [1.807, 2.05) is 12.4 Å². The average Bonchev–Trinajstić information content (AvgIpc) is 3.07. The van der Waals surface area contributed by atoms with Gasteiger partial charge in [-0.1, -0.05) is 0 Å². The molecule has 1 aromatic heterocycles. The molecule has 0 amide bonds. The van der Waals surface area contributed by atoms with E-state index in [1.54, 1.807) is 13.1 Å². The highest BCUT2D eigenvalue weighted by Gasteiger charge is 2.25. The second-order valence-electron chi connectivity index (χ2n) is 5.11. The third-order valence-electron chi connectivity index (χ3n) is 3.66. The summed E-state index contributed by atoms with van der Waals surface area (Å²) in [6.07, 6.45) is 2.46. The molecule has 0 radical (unpaired) electrons. The van der Waals surface area contributed by atoms with Gasteiger partial charge in [0.2, 0.25) is 10.0 Å². The van der Waals surface area contributed by atoms with Gasteiger partial charge in [0, 0.05) is 31.6 Å². The van der Waals surface area contributed by atoms with Crippen LogP contribution in [0.2, 0.25) is 0 Å². The van der Waals surface area contributed by atoms with Crippen LogP contribution in [-0.4, -0.2) is 57.9 Å². The molecule has 5 nitrogen and oxygen atoms in total. The Bertz CT molecular complexity index is 521. The number of likely N-dealkylation sites (tertiary alicyclic amines) is 1. The van der Waals surface area contributed by atoms with Gasteiger partial charge in [0.15, 0.2) is 0 Å². The molecule has 114 valence electrons. The number of nitrogens with one attached hydrogen (secondary N) is 1. The fourth-order valence-corrected chi connectivity index (χ4v) is 5.01. The topological polar surface area (TPSA) is 52.7 Å². The Morgan fingerprint density at radius 3 is 2.75 bits per heavy atom. The number of rotatable bonds is 7. The van der Waals surface area contributed by atoms with Crippen LogP contribution in [-0.2, 0) is 16.6 Å². The van der Waals surface area contributed by atoms with Crippen LogP contribution in [0.5, 0.6) is 0 Å². The smallest absolute Gasteiger partial charge is 0.244 e. The molecule has 20 heavy (non-hydrogen) atoms. The van der Waals surface area contributed by atoms with Crippen molar-refractivity contribution < 1.29 is 8.42 Å². The molecule has 0 atom stereocenters. The molecule has 2 heterocycles. The normalized spacial score (nSPS) is 17.1. The molecule has 0 spiro atoms. The largest absolute Gasteiger partial charge is 0.315 e. The maximum atomic E-state index is 12.6.